The molecule has 0 aliphatic carbocycles. The van der Waals surface area contributed by atoms with Crippen LogP contribution in [0.1, 0.15) is 115 Å². The first-order valence-electron chi connectivity index (χ1n) is 11.3. The summed E-state index contributed by atoms with van der Waals surface area (Å²) in [6.45, 7) is 5.68. The zero-order chi connectivity index (χ0) is 18.0. The molecule has 0 bridgehead atoms. The molecule has 0 aliphatic rings. The van der Waals surface area contributed by atoms with Crippen LogP contribution in [0.5, 0.6) is 0 Å². The first kappa shape index (κ1) is 25.9. The average Bonchev–Trinajstić information content (AvgIpc) is 2.63. The van der Waals surface area contributed by atoms with Gasteiger partial charge in [-0.25, -0.2) is 4.57 Å². The van der Waals surface area contributed by atoms with E-state index in [1.54, 1.807) is 0 Å². The van der Waals surface area contributed by atoms with Gasteiger partial charge in [-0.05, 0) is 6.42 Å². The second-order valence-corrected chi connectivity index (χ2v) is 7.84. The molecule has 0 unspecified atom stereocenters. The molecule has 0 fully saturated rings. The minimum Gasteiger partial charge on any atom is -1.00 e. The molecule has 0 aliphatic heterocycles. The molecule has 0 amide bonds. The lowest BCUT2D eigenvalue weighted by Gasteiger charge is -2.03. The van der Waals surface area contributed by atoms with Crippen molar-refractivity contribution in [2.24, 2.45) is 0 Å². The van der Waals surface area contributed by atoms with Crippen LogP contribution in [-0.4, -0.2) is 0 Å². The Labute approximate surface area is 181 Å². The van der Waals surface area contributed by atoms with Gasteiger partial charge >= 0.3 is 0 Å². The van der Waals surface area contributed by atoms with E-state index in [9.17, 15) is 0 Å². The number of halogens is 1. The van der Waals surface area contributed by atoms with Gasteiger partial charge in [-0.2, -0.15) is 0 Å². The number of aromatic nitrogens is 1. The summed E-state index contributed by atoms with van der Waals surface area (Å²) in [5, 5.41) is 0. The van der Waals surface area contributed by atoms with E-state index in [0.717, 1.165) is 0 Å². The normalized spacial score (nSPS) is 10.7. The average molecular weight is 474 g/mol. The van der Waals surface area contributed by atoms with Crippen molar-refractivity contribution in [3.05, 3.63) is 30.1 Å². The van der Waals surface area contributed by atoms with Gasteiger partial charge in [0.25, 0.3) is 0 Å². The van der Waals surface area contributed by atoms with Gasteiger partial charge in [0.05, 0.1) is 0 Å². The molecule has 1 nitrogen and oxygen atoms in total. The summed E-state index contributed by atoms with van der Waals surface area (Å²) in [5.41, 5.74) is 1.38. The molecule has 0 spiro atoms. The van der Waals surface area contributed by atoms with Crippen molar-refractivity contribution >= 4 is 0 Å². The van der Waals surface area contributed by atoms with Gasteiger partial charge in [0.1, 0.15) is 6.54 Å². The van der Waals surface area contributed by atoms with Crippen molar-refractivity contribution in [2.45, 2.75) is 123 Å². The third-order valence-electron chi connectivity index (χ3n) is 5.42. The molecule has 1 aromatic rings. The first-order valence-corrected chi connectivity index (χ1v) is 11.3. The maximum atomic E-state index is 2.38. The third-order valence-corrected chi connectivity index (χ3v) is 5.42. The molecule has 0 saturated heterocycles. The van der Waals surface area contributed by atoms with Gasteiger partial charge in [0.2, 0.25) is 0 Å². The summed E-state index contributed by atoms with van der Waals surface area (Å²) in [7, 11) is 0. The Kier molecular flexibility index (Phi) is 19.5. The molecule has 1 heterocycles. The molecule has 0 saturated carbocycles. The highest BCUT2D eigenvalue weighted by molar-refractivity contribution is 4.93. The number of unbranched alkanes of at least 4 members (excludes halogenated alkanes) is 15. The van der Waals surface area contributed by atoms with Crippen molar-refractivity contribution in [2.75, 3.05) is 0 Å². The van der Waals surface area contributed by atoms with E-state index in [4.69, 9.17) is 0 Å². The smallest absolute Gasteiger partial charge is 0.178 e. The van der Waals surface area contributed by atoms with E-state index in [1.165, 1.54) is 115 Å². The van der Waals surface area contributed by atoms with Crippen LogP contribution in [0, 0.1) is 6.92 Å². The molecule has 152 valence electrons. The quantitative estimate of drug-likeness (QED) is 0.178. The highest BCUT2D eigenvalue weighted by atomic mass is 127. The summed E-state index contributed by atoms with van der Waals surface area (Å²) >= 11 is 0. The fourth-order valence-corrected chi connectivity index (χ4v) is 3.64. The minimum atomic E-state index is 0. The highest BCUT2D eigenvalue weighted by Crippen LogP contribution is 2.13. The molecule has 1 aromatic heterocycles. The van der Waals surface area contributed by atoms with Crippen LogP contribution in [0.2, 0.25) is 0 Å². The zero-order valence-corrected chi connectivity index (χ0v) is 19.8. The second kappa shape index (κ2) is 19.6. The van der Waals surface area contributed by atoms with Crippen LogP contribution >= 0.6 is 0 Å². The Morgan fingerprint density at radius 3 is 1.46 bits per heavy atom. The molecule has 1 rings (SSSR count). The monoisotopic (exact) mass is 473 g/mol. The van der Waals surface area contributed by atoms with Gasteiger partial charge in [0.15, 0.2) is 11.9 Å². The van der Waals surface area contributed by atoms with Gasteiger partial charge in [0, 0.05) is 25.5 Å². The summed E-state index contributed by atoms with van der Waals surface area (Å²) in [4.78, 5) is 0. The lowest BCUT2D eigenvalue weighted by molar-refractivity contribution is -0.703. The van der Waals surface area contributed by atoms with E-state index >= 15 is 0 Å². The fraction of sp³-hybridized carbons (Fsp3) is 0.792. The third kappa shape index (κ3) is 15.0. The zero-order valence-electron chi connectivity index (χ0n) is 17.7. The van der Waals surface area contributed by atoms with Crippen molar-refractivity contribution in [3.8, 4) is 0 Å². The van der Waals surface area contributed by atoms with E-state index < -0.39 is 0 Å². The SMILES string of the molecule is CCCCCCCCCCCCCCCCCC[n+]1ccccc1C.[I-]. The van der Waals surface area contributed by atoms with Gasteiger partial charge < -0.3 is 24.0 Å². The summed E-state index contributed by atoms with van der Waals surface area (Å²) < 4.78 is 2.38. The number of nitrogens with zero attached hydrogens (tertiary/aromatic N) is 1. The highest BCUT2D eigenvalue weighted by Gasteiger charge is 2.03. The molecule has 0 N–H and O–H groups in total. The number of rotatable bonds is 17. The Bertz CT molecular complexity index is 405. The van der Waals surface area contributed by atoms with Crippen LogP contribution < -0.4 is 28.5 Å². The number of pyridine rings is 1. The molecule has 0 aromatic carbocycles. The Morgan fingerprint density at radius 2 is 1.04 bits per heavy atom. The predicted molar refractivity (Wildman–Crippen MR) is 111 cm³/mol. The summed E-state index contributed by atoms with van der Waals surface area (Å²) in [6, 6.07) is 6.46. The van der Waals surface area contributed by atoms with Crippen LogP contribution in [0.25, 0.3) is 0 Å². The van der Waals surface area contributed by atoms with Crippen LogP contribution in [0.4, 0.5) is 0 Å². The number of hydrogen-bond donors (Lipinski definition) is 0. The summed E-state index contributed by atoms with van der Waals surface area (Å²) in [6.07, 6.45) is 25.3. The minimum absolute atomic E-state index is 0. The van der Waals surface area contributed by atoms with E-state index in [1.807, 2.05) is 0 Å². The van der Waals surface area contributed by atoms with E-state index in [-0.39, 0.29) is 24.0 Å². The van der Waals surface area contributed by atoms with Crippen LogP contribution in [-0.2, 0) is 6.54 Å². The lowest BCUT2D eigenvalue weighted by atomic mass is 10.0. The molecule has 0 radical (unpaired) electrons. The Morgan fingerprint density at radius 1 is 0.615 bits per heavy atom. The number of hydrogen-bond acceptors (Lipinski definition) is 0. The Balaban J connectivity index is 0.00000625. The standard InChI is InChI=1S/C24H44N.HI/c1-3-4-5-6-7-8-9-10-11-12-13-14-15-16-17-19-22-25-23-20-18-21-24(25)2;/h18,20-21,23H,3-17,19,22H2,1-2H3;1H/q+1;/p-1. The molecular weight excluding hydrogens is 429 g/mol. The van der Waals surface area contributed by atoms with Crippen molar-refractivity contribution in [1.82, 2.24) is 0 Å². The van der Waals surface area contributed by atoms with Crippen molar-refractivity contribution < 1.29 is 28.5 Å². The maximum Gasteiger partial charge on any atom is 0.178 e. The maximum absolute atomic E-state index is 2.38. The lowest BCUT2D eigenvalue weighted by Crippen LogP contribution is -3.00. The second-order valence-electron chi connectivity index (χ2n) is 7.84. The van der Waals surface area contributed by atoms with Gasteiger partial charge in [-0.1, -0.05) is 103 Å². The summed E-state index contributed by atoms with van der Waals surface area (Å²) in [5.74, 6) is 0. The van der Waals surface area contributed by atoms with Gasteiger partial charge in [-0.3, -0.25) is 0 Å². The van der Waals surface area contributed by atoms with E-state index in [0.29, 0.717) is 0 Å². The first-order chi connectivity index (χ1) is 12.3. The van der Waals surface area contributed by atoms with Crippen LogP contribution in [0.15, 0.2) is 24.4 Å². The molecular formula is C24H44IN. The molecule has 2 heteroatoms. The van der Waals surface area contributed by atoms with E-state index in [2.05, 4.69) is 42.8 Å². The largest absolute Gasteiger partial charge is 1.00 e. The Hall–Kier alpha value is -0.120. The fourth-order valence-electron chi connectivity index (χ4n) is 3.64. The molecule has 0 atom stereocenters. The topological polar surface area (TPSA) is 3.88 Å². The van der Waals surface area contributed by atoms with Crippen LogP contribution in [0.3, 0.4) is 0 Å². The van der Waals surface area contributed by atoms with Crippen molar-refractivity contribution in [1.29, 1.82) is 0 Å². The van der Waals surface area contributed by atoms with Gasteiger partial charge in [-0.15, -0.1) is 0 Å². The number of aryl methyl sites for hydroxylation is 2. The molecule has 26 heavy (non-hydrogen) atoms. The van der Waals surface area contributed by atoms with Crippen molar-refractivity contribution in [3.63, 3.8) is 0 Å². The predicted octanol–water partition coefficient (Wildman–Crippen LogP) is 4.55.